The van der Waals surface area contributed by atoms with Gasteiger partial charge in [0.15, 0.2) is 0 Å². The van der Waals surface area contributed by atoms with Crippen molar-refractivity contribution in [1.29, 1.82) is 0 Å². The molecule has 0 radical (unpaired) electrons. The molecule has 1 fully saturated rings. The first-order valence-electron chi connectivity index (χ1n) is 6.17. The van der Waals surface area contributed by atoms with Crippen molar-refractivity contribution in [2.24, 2.45) is 0 Å². The predicted octanol–water partition coefficient (Wildman–Crippen LogP) is 1.14. The quantitative estimate of drug-likeness (QED) is 0.738. The lowest BCUT2D eigenvalue weighted by molar-refractivity contribution is -0.0437. The lowest BCUT2D eigenvalue weighted by Gasteiger charge is -2.26. The van der Waals surface area contributed by atoms with Crippen molar-refractivity contribution in [2.45, 2.75) is 15.3 Å². The third-order valence-electron chi connectivity index (χ3n) is 3.10. The van der Waals surface area contributed by atoms with Gasteiger partial charge in [-0.05, 0) is 18.2 Å². The summed E-state index contributed by atoms with van der Waals surface area (Å²) in [5.74, 6) is -1.68. The third-order valence-corrected chi connectivity index (χ3v) is 6.50. The fourth-order valence-electron chi connectivity index (χ4n) is 1.91. The Hall–Kier alpha value is -1.24. The second kappa shape index (κ2) is 6.00. The van der Waals surface area contributed by atoms with Gasteiger partial charge in [-0.15, -0.1) is 0 Å². The minimum absolute atomic E-state index is 0.0406. The number of nitrogens with zero attached hydrogens (tertiary/aromatic N) is 1. The van der Waals surface area contributed by atoms with Crippen LogP contribution in [-0.2, 0) is 24.6 Å². The molecule has 0 spiro atoms. The molecule has 130 valence electrons. The average molecular weight is 377 g/mol. The summed E-state index contributed by atoms with van der Waals surface area (Å²) in [6, 6.07) is 1.28. The van der Waals surface area contributed by atoms with Gasteiger partial charge in [0.2, 0.25) is 10.0 Å². The van der Waals surface area contributed by atoms with E-state index >= 15 is 0 Å². The van der Waals surface area contributed by atoms with Gasteiger partial charge >= 0.3 is 5.51 Å². The summed E-state index contributed by atoms with van der Waals surface area (Å²) >= 11 is 0. The SMILES string of the molecule is O=S(=O)(c1ccc(F)c(S(=O)(=O)C(F)(F)F)c1)N1CCOCC1. The van der Waals surface area contributed by atoms with E-state index in [0.717, 1.165) is 10.4 Å². The smallest absolute Gasteiger partial charge is 0.379 e. The summed E-state index contributed by atoms with van der Waals surface area (Å²) in [7, 11) is -10.3. The van der Waals surface area contributed by atoms with Crippen LogP contribution in [0.5, 0.6) is 0 Å². The molecule has 0 N–H and O–H groups in total. The van der Waals surface area contributed by atoms with E-state index in [1.54, 1.807) is 0 Å². The molecule has 0 amide bonds. The van der Waals surface area contributed by atoms with E-state index < -0.39 is 41.0 Å². The van der Waals surface area contributed by atoms with Gasteiger partial charge in [0, 0.05) is 13.1 Å². The first kappa shape index (κ1) is 18.1. The highest BCUT2D eigenvalue weighted by Crippen LogP contribution is 2.33. The molecule has 0 atom stereocenters. The van der Waals surface area contributed by atoms with Crippen LogP contribution in [0.1, 0.15) is 0 Å². The maximum Gasteiger partial charge on any atom is 0.502 e. The molecule has 1 aromatic carbocycles. The Balaban J connectivity index is 2.53. The molecule has 1 aliphatic heterocycles. The van der Waals surface area contributed by atoms with E-state index in [-0.39, 0.29) is 32.4 Å². The van der Waals surface area contributed by atoms with Crippen LogP contribution in [-0.4, -0.2) is 53.0 Å². The Kier molecular flexibility index (Phi) is 4.72. The Bertz CT molecular complexity index is 798. The van der Waals surface area contributed by atoms with Crippen LogP contribution >= 0.6 is 0 Å². The van der Waals surface area contributed by atoms with Gasteiger partial charge in [0.1, 0.15) is 10.7 Å². The van der Waals surface area contributed by atoms with Gasteiger partial charge in [-0.25, -0.2) is 21.2 Å². The van der Waals surface area contributed by atoms with Crippen molar-refractivity contribution in [3.05, 3.63) is 24.0 Å². The van der Waals surface area contributed by atoms with Crippen LogP contribution in [0.25, 0.3) is 0 Å². The molecule has 1 saturated heterocycles. The predicted molar refractivity (Wildman–Crippen MR) is 69.2 cm³/mol. The summed E-state index contributed by atoms with van der Waals surface area (Å²) in [5, 5.41) is 0. The molecule has 23 heavy (non-hydrogen) atoms. The minimum atomic E-state index is -6.00. The normalized spacial score (nSPS) is 18.1. The lowest BCUT2D eigenvalue weighted by Crippen LogP contribution is -2.40. The number of ether oxygens (including phenoxy) is 1. The summed E-state index contributed by atoms with van der Waals surface area (Å²) in [6.45, 7) is 0.102. The standard InChI is InChI=1S/C11H11F4NO5S2/c12-9-2-1-8(7-10(9)22(17,18)11(13,14)15)23(19,20)16-3-5-21-6-4-16/h1-2,7H,3-6H2. The minimum Gasteiger partial charge on any atom is -0.379 e. The van der Waals surface area contributed by atoms with Gasteiger partial charge < -0.3 is 4.74 Å². The number of alkyl halides is 3. The molecule has 1 aliphatic rings. The van der Waals surface area contributed by atoms with Crippen molar-refractivity contribution in [2.75, 3.05) is 26.3 Å². The maximum atomic E-state index is 13.5. The van der Waals surface area contributed by atoms with Crippen LogP contribution in [0.4, 0.5) is 17.6 Å². The van der Waals surface area contributed by atoms with Gasteiger partial charge in [-0.3, -0.25) is 0 Å². The van der Waals surface area contributed by atoms with E-state index in [0.29, 0.717) is 6.07 Å². The Morgan fingerprint density at radius 2 is 1.61 bits per heavy atom. The maximum absolute atomic E-state index is 13.5. The van der Waals surface area contributed by atoms with Gasteiger partial charge in [-0.1, -0.05) is 0 Å². The third kappa shape index (κ3) is 3.34. The Morgan fingerprint density at radius 3 is 2.13 bits per heavy atom. The zero-order valence-corrected chi connectivity index (χ0v) is 13.0. The highest BCUT2D eigenvalue weighted by atomic mass is 32.2. The molecule has 0 saturated carbocycles. The molecule has 0 unspecified atom stereocenters. The summed E-state index contributed by atoms with van der Waals surface area (Å²) in [4.78, 5) is -2.46. The lowest BCUT2D eigenvalue weighted by atomic mass is 10.3. The van der Waals surface area contributed by atoms with Crippen LogP contribution in [0.2, 0.25) is 0 Å². The molecular weight excluding hydrogens is 366 g/mol. The van der Waals surface area contributed by atoms with Gasteiger partial charge in [0.05, 0.1) is 18.1 Å². The molecular formula is C11H11F4NO5S2. The first-order valence-corrected chi connectivity index (χ1v) is 9.09. The molecule has 1 aromatic rings. The van der Waals surface area contributed by atoms with E-state index in [4.69, 9.17) is 4.74 Å². The second-order valence-corrected chi connectivity index (χ2v) is 8.41. The monoisotopic (exact) mass is 377 g/mol. The molecule has 0 aliphatic carbocycles. The van der Waals surface area contributed by atoms with Crippen LogP contribution < -0.4 is 0 Å². The zero-order chi connectivity index (χ0) is 17.5. The zero-order valence-electron chi connectivity index (χ0n) is 11.4. The number of sulfonamides is 1. The molecule has 6 nitrogen and oxygen atoms in total. The summed E-state index contributed by atoms with van der Waals surface area (Å²) < 4.78 is 104. The Labute approximate surface area is 129 Å². The van der Waals surface area contributed by atoms with Crippen molar-refractivity contribution in [3.8, 4) is 0 Å². The van der Waals surface area contributed by atoms with Crippen molar-refractivity contribution >= 4 is 19.9 Å². The van der Waals surface area contributed by atoms with Crippen molar-refractivity contribution in [1.82, 2.24) is 4.31 Å². The van der Waals surface area contributed by atoms with E-state index in [9.17, 15) is 34.4 Å². The number of halogens is 4. The second-order valence-electron chi connectivity index (χ2n) is 4.56. The molecule has 0 aromatic heterocycles. The fourth-order valence-corrected chi connectivity index (χ4v) is 4.28. The van der Waals surface area contributed by atoms with E-state index in [2.05, 4.69) is 0 Å². The molecule has 1 heterocycles. The fraction of sp³-hybridized carbons (Fsp3) is 0.455. The molecule has 0 bridgehead atoms. The number of rotatable bonds is 3. The molecule has 12 heteroatoms. The Morgan fingerprint density at radius 1 is 1.04 bits per heavy atom. The number of benzene rings is 1. The van der Waals surface area contributed by atoms with Crippen LogP contribution in [0.15, 0.2) is 28.0 Å². The van der Waals surface area contributed by atoms with Gasteiger partial charge in [-0.2, -0.15) is 17.5 Å². The number of morpholine rings is 1. The summed E-state index contributed by atoms with van der Waals surface area (Å²) in [5.41, 5.74) is -5.74. The number of sulfone groups is 1. The summed E-state index contributed by atoms with van der Waals surface area (Å²) in [6.07, 6.45) is 0. The first-order chi connectivity index (χ1) is 10.5. The van der Waals surface area contributed by atoms with Crippen LogP contribution in [0, 0.1) is 5.82 Å². The van der Waals surface area contributed by atoms with Gasteiger partial charge in [0.25, 0.3) is 9.84 Å². The topological polar surface area (TPSA) is 80.8 Å². The van der Waals surface area contributed by atoms with E-state index in [1.807, 2.05) is 0 Å². The van der Waals surface area contributed by atoms with Crippen molar-refractivity contribution in [3.63, 3.8) is 0 Å². The van der Waals surface area contributed by atoms with Crippen LogP contribution in [0.3, 0.4) is 0 Å². The molecule has 2 rings (SSSR count). The highest BCUT2D eigenvalue weighted by molar-refractivity contribution is 7.92. The van der Waals surface area contributed by atoms with E-state index in [1.165, 1.54) is 0 Å². The number of hydrogen-bond acceptors (Lipinski definition) is 5. The van der Waals surface area contributed by atoms with Crippen molar-refractivity contribution < 1.29 is 39.1 Å². The average Bonchev–Trinajstić information content (AvgIpc) is 2.47. The highest BCUT2D eigenvalue weighted by Gasteiger charge is 2.48. The number of hydrogen-bond donors (Lipinski definition) is 0. The largest absolute Gasteiger partial charge is 0.502 e.